The molecule has 0 aliphatic carbocycles. The topological polar surface area (TPSA) is 29.9 Å². The molecule has 2 rings (SSSR count). The van der Waals surface area contributed by atoms with E-state index in [1.165, 1.54) is 16.9 Å². The van der Waals surface area contributed by atoms with Crippen LogP contribution in [0.3, 0.4) is 0 Å². The van der Waals surface area contributed by atoms with Gasteiger partial charge in [0, 0.05) is 0 Å². The van der Waals surface area contributed by atoms with E-state index in [-0.39, 0.29) is 0 Å². The number of hydrogen-bond donors (Lipinski definition) is 1. The quantitative estimate of drug-likeness (QED) is 0.714. The van der Waals surface area contributed by atoms with Crippen LogP contribution in [0.5, 0.6) is 0 Å². The summed E-state index contributed by atoms with van der Waals surface area (Å²) in [6.45, 7) is 6.73. The molecule has 14 heavy (non-hydrogen) atoms. The predicted octanol–water partition coefficient (Wildman–Crippen LogP) is 2.57. The maximum atomic E-state index is 3.40. The van der Waals surface area contributed by atoms with Crippen molar-refractivity contribution in [1.82, 2.24) is 4.98 Å². The van der Waals surface area contributed by atoms with Crippen molar-refractivity contribution in [1.29, 1.82) is 0 Å². The summed E-state index contributed by atoms with van der Waals surface area (Å²) in [5.41, 5.74) is 2.69. The molecule has 1 aromatic carbocycles. The monoisotopic (exact) mass is 189 g/mol. The van der Waals surface area contributed by atoms with Gasteiger partial charge in [0.05, 0.1) is 6.42 Å². The van der Waals surface area contributed by atoms with Crippen LogP contribution in [-0.2, 0) is 6.42 Å². The summed E-state index contributed by atoms with van der Waals surface area (Å²) < 4.78 is 0. The van der Waals surface area contributed by atoms with E-state index in [4.69, 9.17) is 0 Å². The van der Waals surface area contributed by atoms with Gasteiger partial charge in [-0.1, -0.05) is 32.9 Å². The van der Waals surface area contributed by atoms with Crippen molar-refractivity contribution < 1.29 is 4.98 Å². The van der Waals surface area contributed by atoms with Crippen LogP contribution < -0.4 is 4.98 Å². The van der Waals surface area contributed by atoms with Crippen LogP contribution >= 0.6 is 0 Å². The lowest BCUT2D eigenvalue weighted by atomic mass is 9.92. The number of nitrogens with one attached hydrogen (secondary N) is 2. The first kappa shape index (κ1) is 9.25. The van der Waals surface area contributed by atoms with Gasteiger partial charge in [-0.2, -0.15) is 0 Å². The third-order valence-corrected chi connectivity index (χ3v) is 2.21. The van der Waals surface area contributed by atoms with Gasteiger partial charge in [-0.3, -0.25) is 0 Å². The Morgan fingerprint density at radius 2 is 1.93 bits per heavy atom. The number of para-hydroxylation sites is 2. The molecule has 0 aliphatic rings. The van der Waals surface area contributed by atoms with Crippen molar-refractivity contribution in [3.05, 3.63) is 30.1 Å². The number of H-pyrrole nitrogens is 2. The zero-order chi connectivity index (χ0) is 10.2. The van der Waals surface area contributed by atoms with Gasteiger partial charge in [-0.15, -0.1) is 0 Å². The highest BCUT2D eigenvalue weighted by Crippen LogP contribution is 2.18. The maximum Gasteiger partial charge on any atom is 0.253 e. The number of aromatic nitrogens is 2. The molecule has 0 fully saturated rings. The van der Waals surface area contributed by atoms with Gasteiger partial charge in [0.2, 0.25) is 0 Å². The molecule has 0 bridgehead atoms. The maximum absolute atomic E-state index is 3.40. The first-order valence-electron chi connectivity index (χ1n) is 5.03. The van der Waals surface area contributed by atoms with Crippen molar-refractivity contribution in [3.8, 4) is 0 Å². The van der Waals surface area contributed by atoms with Crippen LogP contribution in [0.4, 0.5) is 0 Å². The lowest BCUT2D eigenvalue weighted by Crippen LogP contribution is -2.17. The molecule has 0 saturated carbocycles. The SMILES string of the molecule is CC(C)(C)Cc1[nH]c2ccccc2[nH+]1. The number of hydrogen-bond acceptors (Lipinski definition) is 0. The van der Waals surface area contributed by atoms with Crippen LogP contribution in [-0.4, -0.2) is 4.98 Å². The normalized spacial score (nSPS) is 12.2. The van der Waals surface area contributed by atoms with Gasteiger partial charge in [-0.25, -0.2) is 9.97 Å². The second-order valence-corrected chi connectivity index (χ2v) is 5.01. The molecule has 0 atom stereocenters. The van der Waals surface area contributed by atoms with Gasteiger partial charge < -0.3 is 0 Å². The third kappa shape index (κ3) is 1.95. The van der Waals surface area contributed by atoms with E-state index in [2.05, 4.69) is 42.9 Å². The minimum absolute atomic E-state index is 0.317. The van der Waals surface area contributed by atoms with E-state index in [0.717, 1.165) is 6.42 Å². The third-order valence-electron chi connectivity index (χ3n) is 2.21. The van der Waals surface area contributed by atoms with Gasteiger partial charge in [0.25, 0.3) is 5.82 Å². The van der Waals surface area contributed by atoms with Crippen molar-refractivity contribution in [2.45, 2.75) is 27.2 Å². The van der Waals surface area contributed by atoms with Gasteiger partial charge >= 0.3 is 0 Å². The highest BCUT2D eigenvalue weighted by atomic mass is 14.9. The highest BCUT2D eigenvalue weighted by Gasteiger charge is 2.18. The summed E-state index contributed by atoms with van der Waals surface area (Å²) in [5, 5.41) is 0. The Labute approximate surface area is 84.4 Å². The Hall–Kier alpha value is -1.31. The number of rotatable bonds is 1. The second-order valence-electron chi connectivity index (χ2n) is 5.01. The number of benzene rings is 1. The molecule has 0 amide bonds. The fourth-order valence-electron chi connectivity index (χ4n) is 1.68. The Bertz CT molecular complexity index is 402. The Morgan fingerprint density at radius 1 is 1.21 bits per heavy atom. The Kier molecular flexibility index (Phi) is 2.06. The number of aromatic amines is 2. The molecule has 0 spiro atoms. The van der Waals surface area contributed by atoms with Crippen LogP contribution in [0.15, 0.2) is 24.3 Å². The average molecular weight is 189 g/mol. The molecule has 2 N–H and O–H groups in total. The molecule has 0 unspecified atom stereocenters. The minimum atomic E-state index is 0.317. The molecular weight excluding hydrogens is 172 g/mol. The van der Waals surface area contributed by atoms with E-state index in [1.54, 1.807) is 0 Å². The lowest BCUT2D eigenvalue weighted by molar-refractivity contribution is -0.359. The van der Waals surface area contributed by atoms with E-state index in [1.807, 2.05) is 12.1 Å². The molecule has 74 valence electrons. The molecular formula is C12H17N2+. The predicted molar refractivity (Wildman–Crippen MR) is 58.0 cm³/mol. The van der Waals surface area contributed by atoms with Gasteiger partial charge in [0.15, 0.2) is 11.0 Å². The molecule has 2 heteroatoms. The molecule has 0 saturated heterocycles. The van der Waals surface area contributed by atoms with Gasteiger partial charge in [-0.05, 0) is 17.5 Å². The zero-order valence-corrected chi connectivity index (χ0v) is 9.02. The standard InChI is InChI=1S/C12H16N2/c1-12(2,3)8-11-13-9-6-4-5-7-10(9)14-11/h4-7H,8H2,1-3H3,(H,13,14)/p+1. The molecule has 2 aromatic rings. The van der Waals surface area contributed by atoms with Crippen molar-refractivity contribution in [3.63, 3.8) is 0 Å². The van der Waals surface area contributed by atoms with E-state index >= 15 is 0 Å². The second kappa shape index (κ2) is 3.12. The Balaban J connectivity index is 2.36. The summed E-state index contributed by atoms with van der Waals surface area (Å²) in [4.78, 5) is 6.79. The number of fused-ring (bicyclic) bond motifs is 1. The van der Waals surface area contributed by atoms with Crippen LogP contribution in [0.2, 0.25) is 0 Å². The van der Waals surface area contributed by atoms with Crippen molar-refractivity contribution >= 4 is 11.0 Å². The molecule has 1 aromatic heterocycles. The molecule has 0 aliphatic heterocycles. The summed E-state index contributed by atoms with van der Waals surface area (Å²) in [5.74, 6) is 1.21. The fourth-order valence-corrected chi connectivity index (χ4v) is 1.68. The summed E-state index contributed by atoms with van der Waals surface area (Å²) >= 11 is 0. The largest absolute Gasteiger partial charge is 0.253 e. The smallest absolute Gasteiger partial charge is 0.241 e. The molecule has 1 heterocycles. The first-order valence-corrected chi connectivity index (χ1v) is 5.03. The lowest BCUT2D eigenvalue weighted by Gasteiger charge is -2.12. The number of imidazole rings is 1. The molecule has 2 nitrogen and oxygen atoms in total. The molecule has 0 radical (unpaired) electrons. The van der Waals surface area contributed by atoms with Crippen LogP contribution in [0.25, 0.3) is 11.0 Å². The van der Waals surface area contributed by atoms with Crippen LogP contribution in [0, 0.1) is 5.41 Å². The zero-order valence-electron chi connectivity index (χ0n) is 9.02. The summed E-state index contributed by atoms with van der Waals surface area (Å²) in [6, 6.07) is 8.29. The van der Waals surface area contributed by atoms with Crippen molar-refractivity contribution in [2.75, 3.05) is 0 Å². The minimum Gasteiger partial charge on any atom is -0.241 e. The van der Waals surface area contributed by atoms with E-state index < -0.39 is 0 Å². The van der Waals surface area contributed by atoms with Crippen LogP contribution in [0.1, 0.15) is 26.6 Å². The van der Waals surface area contributed by atoms with Gasteiger partial charge in [0.1, 0.15) is 0 Å². The highest BCUT2D eigenvalue weighted by molar-refractivity contribution is 5.70. The van der Waals surface area contributed by atoms with Crippen molar-refractivity contribution in [2.24, 2.45) is 5.41 Å². The fraction of sp³-hybridized carbons (Fsp3) is 0.417. The first-order chi connectivity index (χ1) is 6.54. The van der Waals surface area contributed by atoms with E-state index in [9.17, 15) is 0 Å². The Morgan fingerprint density at radius 3 is 2.57 bits per heavy atom. The summed E-state index contributed by atoms with van der Waals surface area (Å²) in [7, 11) is 0. The summed E-state index contributed by atoms with van der Waals surface area (Å²) in [6.07, 6.45) is 1.04. The average Bonchev–Trinajstić information content (AvgIpc) is 2.42. The van der Waals surface area contributed by atoms with E-state index in [0.29, 0.717) is 5.41 Å².